The molecule has 0 unspecified atom stereocenters. The maximum absolute atomic E-state index is 2.39. The Morgan fingerprint density at radius 2 is 0.656 bits per heavy atom. The molecule has 0 atom stereocenters. The Morgan fingerprint density at radius 1 is 0.213 bits per heavy atom. The lowest BCUT2D eigenvalue weighted by Crippen LogP contribution is -2.10. The summed E-state index contributed by atoms with van der Waals surface area (Å²) in [5.41, 5.74) is 15.4. The van der Waals surface area contributed by atoms with E-state index < -0.39 is 0 Å². The molecule has 0 spiro atoms. The summed E-state index contributed by atoms with van der Waals surface area (Å²) < 4.78 is 0. The van der Waals surface area contributed by atoms with Gasteiger partial charge in [0, 0.05) is 16.8 Å². The molecule has 0 bridgehead atoms. The standard InChI is InChI=1S/C60H41N/c1-3-14-42(15-4-1)43-26-28-44(29-27-43)45-30-35-51(36-31-45)61(60-25-13-20-47-18-7-10-22-54(47)60)52-37-32-46(33-38-52)49-34-39-57(58(40-49)48-16-5-2-6-17-48)59-41-50-19-8-9-21-53(50)55-23-11-12-24-56(55)59/h1-41H. The molecule has 0 aliphatic heterocycles. The van der Waals surface area contributed by atoms with Gasteiger partial charge in [-0.25, -0.2) is 0 Å². The van der Waals surface area contributed by atoms with Gasteiger partial charge >= 0.3 is 0 Å². The van der Waals surface area contributed by atoms with Crippen LogP contribution in [0.2, 0.25) is 0 Å². The fourth-order valence-corrected chi connectivity index (χ4v) is 9.01. The molecule has 61 heavy (non-hydrogen) atoms. The van der Waals surface area contributed by atoms with Gasteiger partial charge in [0.25, 0.3) is 0 Å². The molecule has 0 fully saturated rings. The summed E-state index contributed by atoms with van der Waals surface area (Å²) in [5, 5.41) is 7.48. The second-order valence-corrected chi connectivity index (χ2v) is 15.7. The van der Waals surface area contributed by atoms with Crippen molar-refractivity contribution in [3.8, 4) is 55.6 Å². The predicted octanol–water partition coefficient (Wildman–Crippen LogP) is 17.0. The van der Waals surface area contributed by atoms with Gasteiger partial charge in [-0.1, -0.05) is 206 Å². The van der Waals surface area contributed by atoms with Crippen LogP contribution in [0.4, 0.5) is 17.1 Å². The van der Waals surface area contributed by atoms with Gasteiger partial charge in [-0.05, 0) is 125 Å². The van der Waals surface area contributed by atoms with Crippen LogP contribution in [0.1, 0.15) is 0 Å². The third kappa shape index (κ3) is 6.83. The molecule has 0 amide bonds. The number of nitrogens with zero attached hydrogens (tertiary/aromatic N) is 1. The van der Waals surface area contributed by atoms with Crippen molar-refractivity contribution in [1.29, 1.82) is 0 Å². The Kier molecular flexibility index (Phi) is 9.26. The Hall–Kier alpha value is -8.00. The summed E-state index contributed by atoms with van der Waals surface area (Å²) in [6, 6.07) is 90.4. The molecule has 0 heterocycles. The van der Waals surface area contributed by atoms with Crippen molar-refractivity contribution in [2.45, 2.75) is 0 Å². The van der Waals surface area contributed by atoms with Crippen LogP contribution in [0.15, 0.2) is 249 Å². The lowest BCUT2D eigenvalue weighted by Gasteiger charge is -2.27. The van der Waals surface area contributed by atoms with E-state index in [1.165, 1.54) is 88.0 Å². The van der Waals surface area contributed by atoms with Gasteiger partial charge in [-0.3, -0.25) is 0 Å². The van der Waals surface area contributed by atoms with E-state index in [1.54, 1.807) is 0 Å². The van der Waals surface area contributed by atoms with Gasteiger partial charge in [0.15, 0.2) is 0 Å². The maximum Gasteiger partial charge on any atom is 0.0540 e. The molecule has 0 saturated carbocycles. The molecule has 11 aromatic carbocycles. The smallest absolute Gasteiger partial charge is 0.0540 e. The van der Waals surface area contributed by atoms with E-state index in [1.807, 2.05) is 0 Å². The van der Waals surface area contributed by atoms with Crippen molar-refractivity contribution in [2.24, 2.45) is 0 Å². The third-order valence-corrected chi connectivity index (χ3v) is 12.1. The van der Waals surface area contributed by atoms with Crippen LogP contribution < -0.4 is 4.90 Å². The second-order valence-electron chi connectivity index (χ2n) is 15.7. The molecule has 1 nitrogen and oxygen atoms in total. The Morgan fingerprint density at radius 3 is 1.30 bits per heavy atom. The number of rotatable bonds is 8. The molecule has 11 rings (SSSR count). The minimum Gasteiger partial charge on any atom is -0.310 e. The predicted molar refractivity (Wildman–Crippen MR) is 261 cm³/mol. The number of hydrogen-bond acceptors (Lipinski definition) is 1. The highest BCUT2D eigenvalue weighted by atomic mass is 15.1. The van der Waals surface area contributed by atoms with Gasteiger partial charge in [-0.2, -0.15) is 0 Å². The molecule has 0 aliphatic rings. The quantitative estimate of drug-likeness (QED) is 0.139. The second kappa shape index (κ2) is 15.6. The average Bonchev–Trinajstić information content (AvgIpc) is 3.35. The van der Waals surface area contributed by atoms with Crippen LogP contribution >= 0.6 is 0 Å². The summed E-state index contributed by atoms with van der Waals surface area (Å²) in [5.74, 6) is 0. The number of hydrogen-bond donors (Lipinski definition) is 0. The first kappa shape index (κ1) is 36.1. The third-order valence-electron chi connectivity index (χ3n) is 12.1. The molecule has 0 aliphatic carbocycles. The van der Waals surface area contributed by atoms with Crippen LogP contribution in [0.5, 0.6) is 0 Å². The Labute approximate surface area is 357 Å². The average molecular weight is 776 g/mol. The first-order valence-electron chi connectivity index (χ1n) is 21.0. The fraction of sp³-hybridized carbons (Fsp3) is 0. The summed E-state index contributed by atoms with van der Waals surface area (Å²) in [7, 11) is 0. The highest BCUT2D eigenvalue weighted by Gasteiger charge is 2.18. The largest absolute Gasteiger partial charge is 0.310 e. The maximum atomic E-state index is 2.39. The molecule has 11 aromatic rings. The minimum atomic E-state index is 1.10. The first-order valence-corrected chi connectivity index (χ1v) is 21.0. The van der Waals surface area contributed by atoms with Gasteiger partial charge in [-0.15, -0.1) is 0 Å². The van der Waals surface area contributed by atoms with Crippen LogP contribution in [-0.4, -0.2) is 0 Å². The molecular formula is C60H41N. The molecule has 0 aromatic heterocycles. The van der Waals surface area contributed by atoms with Crippen molar-refractivity contribution >= 4 is 49.4 Å². The van der Waals surface area contributed by atoms with Gasteiger partial charge in [0.2, 0.25) is 0 Å². The zero-order valence-electron chi connectivity index (χ0n) is 33.6. The normalized spacial score (nSPS) is 11.3. The van der Waals surface area contributed by atoms with Crippen LogP contribution in [0.25, 0.3) is 88.0 Å². The summed E-state index contributed by atoms with van der Waals surface area (Å²) in [6.45, 7) is 0. The first-order chi connectivity index (χ1) is 30.2. The van der Waals surface area contributed by atoms with Crippen molar-refractivity contribution in [2.75, 3.05) is 4.90 Å². The molecule has 0 N–H and O–H groups in total. The van der Waals surface area contributed by atoms with Gasteiger partial charge in [0.1, 0.15) is 0 Å². The highest BCUT2D eigenvalue weighted by Crippen LogP contribution is 2.43. The van der Waals surface area contributed by atoms with Gasteiger partial charge < -0.3 is 4.90 Å². The summed E-state index contributed by atoms with van der Waals surface area (Å²) in [6.07, 6.45) is 0. The molecule has 1 heteroatoms. The Balaban J connectivity index is 0.985. The summed E-state index contributed by atoms with van der Waals surface area (Å²) >= 11 is 0. The van der Waals surface area contributed by atoms with Crippen LogP contribution in [0, 0.1) is 0 Å². The lowest BCUT2D eigenvalue weighted by molar-refractivity contribution is 1.30. The minimum absolute atomic E-state index is 1.10. The van der Waals surface area contributed by atoms with Crippen molar-refractivity contribution in [1.82, 2.24) is 0 Å². The molecule has 286 valence electrons. The zero-order chi connectivity index (χ0) is 40.5. The van der Waals surface area contributed by atoms with E-state index in [4.69, 9.17) is 0 Å². The SMILES string of the molecule is c1ccc(-c2ccc(-c3ccc(N(c4ccc(-c5ccc(-c6cc7ccccc7c7ccccc67)c(-c6ccccc6)c5)cc4)c4cccc5ccccc45)cc3)cc2)cc1. The number of anilines is 3. The van der Waals surface area contributed by atoms with Crippen LogP contribution in [-0.2, 0) is 0 Å². The highest BCUT2D eigenvalue weighted by molar-refractivity contribution is 6.15. The van der Waals surface area contributed by atoms with Gasteiger partial charge in [0.05, 0.1) is 5.69 Å². The summed E-state index contributed by atoms with van der Waals surface area (Å²) in [4.78, 5) is 2.39. The number of benzene rings is 11. The molecule has 0 saturated heterocycles. The Bertz CT molecular complexity index is 3310. The van der Waals surface area contributed by atoms with E-state index >= 15 is 0 Å². The van der Waals surface area contributed by atoms with E-state index in [9.17, 15) is 0 Å². The zero-order valence-corrected chi connectivity index (χ0v) is 33.6. The van der Waals surface area contributed by atoms with Crippen molar-refractivity contribution in [3.63, 3.8) is 0 Å². The molecular weight excluding hydrogens is 735 g/mol. The van der Waals surface area contributed by atoms with Crippen molar-refractivity contribution < 1.29 is 0 Å². The van der Waals surface area contributed by atoms with E-state index in [0.29, 0.717) is 0 Å². The number of fused-ring (bicyclic) bond motifs is 4. The lowest BCUT2D eigenvalue weighted by atomic mass is 9.87. The van der Waals surface area contributed by atoms with Crippen molar-refractivity contribution in [3.05, 3.63) is 249 Å². The van der Waals surface area contributed by atoms with E-state index in [0.717, 1.165) is 17.1 Å². The van der Waals surface area contributed by atoms with Crippen LogP contribution in [0.3, 0.4) is 0 Å². The van der Waals surface area contributed by atoms with E-state index in [-0.39, 0.29) is 0 Å². The monoisotopic (exact) mass is 775 g/mol. The van der Waals surface area contributed by atoms with E-state index in [2.05, 4.69) is 254 Å². The molecule has 0 radical (unpaired) electrons. The fourth-order valence-electron chi connectivity index (χ4n) is 9.01. The topological polar surface area (TPSA) is 3.24 Å².